The molecule has 1 heterocycles. The molecule has 3 nitrogen and oxygen atoms in total. The first-order chi connectivity index (χ1) is 4.79. The van der Waals surface area contributed by atoms with Crippen molar-refractivity contribution in [3.05, 3.63) is 35.3 Å². The van der Waals surface area contributed by atoms with Crippen LogP contribution >= 0.6 is 0 Å². The van der Waals surface area contributed by atoms with Crippen molar-refractivity contribution >= 4 is 6.21 Å². The van der Waals surface area contributed by atoms with Crippen LogP contribution in [-0.4, -0.2) is 23.0 Å². The Hall–Kier alpha value is -1.38. The highest BCUT2D eigenvalue weighted by Gasteiger charge is 1.88. The zero-order valence-corrected chi connectivity index (χ0v) is 5.69. The van der Waals surface area contributed by atoms with Gasteiger partial charge in [-0.05, 0) is 12.1 Å². The Labute approximate surface area is 59.2 Å². The summed E-state index contributed by atoms with van der Waals surface area (Å²) in [5, 5.41) is 10.4. The van der Waals surface area contributed by atoms with E-state index < -0.39 is 0 Å². The van der Waals surface area contributed by atoms with Crippen molar-refractivity contribution < 1.29 is 4.74 Å². The molecule has 1 rings (SSSR count). The molecule has 52 valence electrons. The standard InChI is InChI=1S/C7H8N2O/c1-9(10)6-7-4-2-3-5-8-7/h2-6H,1H3. The highest BCUT2D eigenvalue weighted by molar-refractivity contribution is 5.72. The molecule has 0 aromatic carbocycles. The van der Waals surface area contributed by atoms with Gasteiger partial charge in [0.25, 0.3) is 0 Å². The van der Waals surface area contributed by atoms with Crippen LogP contribution in [-0.2, 0) is 0 Å². The molecule has 0 N–H and O–H groups in total. The Balaban J connectivity index is 2.87. The minimum Gasteiger partial charge on any atom is -0.624 e. The van der Waals surface area contributed by atoms with Gasteiger partial charge >= 0.3 is 0 Å². The Kier molecular flexibility index (Phi) is 1.99. The lowest BCUT2D eigenvalue weighted by atomic mass is 10.4. The maximum absolute atomic E-state index is 10.4. The van der Waals surface area contributed by atoms with Gasteiger partial charge in [0.05, 0.1) is 0 Å². The van der Waals surface area contributed by atoms with Gasteiger partial charge in [0, 0.05) is 6.20 Å². The normalized spacial score (nSPS) is 11.5. The highest BCUT2D eigenvalue weighted by Crippen LogP contribution is 1.86. The number of pyridine rings is 1. The van der Waals surface area contributed by atoms with Crippen molar-refractivity contribution in [3.63, 3.8) is 0 Å². The van der Waals surface area contributed by atoms with E-state index in [1.807, 2.05) is 12.1 Å². The molecule has 0 saturated carbocycles. The second-order valence-corrected chi connectivity index (χ2v) is 1.93. The summed E-state index contributed by atoms with van der Waals surface area (Å²) in [6.45, 7) is 0. The topological polar surface area (TPSA) is 39.0 Å². The van der Waals surface area contributed by atoms with Gasteiger partial charge in [0.2, 0.25) is 0 Å². The van der Waals surface area contributed by atoms with E-state index >= 15 is 0 Å². The van der Waals surface area contributed by atoms with Crippen LogP contribution in [0.2, 0.25) is 0 Å². The Morgan fingerprint density at radius 1 is 1.60 bits per heavy atom. The average Bonchev–Trinajstić information content (AvgIpc) is 1.88. The molecule has 0 saturated heterocycles. The molecule has 1 aromatic rings. The van der Waals surface area contributed by atoms with Crippen molar-refractivity contribution in [2.45, 2.75) is 0 Å². The Morgan fingerprint density at radius 3 is 2.90 bits per heavy atom. The fraction of sp³-hybridized carbons (Fsp3) is 0.143. The second-order valence-electron chi connectivity index (χ2n) is 1.93. The lowest BCUT2D eigenvalue weighted by Gasteiger charge is -1.92. The van der Waals surface area contributed by atoms with Gasteiger partial charge < -0.3 is 5.21 Å². The molecule has 10 heavy (non-hydrogen) atoms. The molecule has 0 unspecified atom stereocenters. The van der Waals surface area contributed by atoms with Gasteiger partial charge in [-0.3, -0.25) is 4.98 Å². The summed E-state index contributed by atoms with van der Waals surface area (Å²) in [7, 11) is 1.43. The van der Waals surface area contributed by atoms with Crippen molar-refractivity contribution in [1.29, 1.82) is 0 Å². The zero-order chi connectivity index (χ0) is 7.40. The van der Waals surface area contributed by atoms with Crippen LogP contribution in [0.25, 0.3) is 0 Å². The van der Waals surface area contributed by atoms with Crippen LogP contribution in [0.4, 0.5) is 0 Å². The molecule has 0 atom stereocenters. The SMILES string of the molecule is C[N+]([O-])=Cc1ccccn1. The number of rotatable bonds is 1. The first-order valence-corrected chi connectivity index (χ1v) is 2.95. The number of aromatic nitrogens is 1. The first kappa shape index (κ1) is 6.74. The number of hydroxylamine groups is 1. The quantitative estimate of drug-likeness (QED) is 0.246. The molecule has 0 fully saturated rings. The van der Waals surface area contributed by atoms with Gasteiger partial charge in [0.1, 0.15) is 12.7 Å². The van der Waals surface area contributed by atoms with E-state index in [1.165, 1.54) is 13.3 Å². The third-order valence-electron chi connectivity index (χ3n) is 1.00. The molecular formula is C7H8N2O. The van der Waals surface area contributed by atoms with Crippen molar-refractivity contribution in [3.8, 4) is 0 Å². The van der Waals surface area contributed by atoms with Gasteiger partial charge in [-0.1, -0.05) is 6.07 Å². The molecule has 1 aromatic heterocycles. The monoisotopic (exact) mass is 136 g/mol. The molecule has 0 aliphatic carbocycles. The van der Waals surface area contributed by atoms with Gasteiger partial charge in [-0.2, -0.15) is 0 Å². The lowest BCUT2D eigenvalue weighted by Crippen LogP contribution is -1.98. The fourth-order valence-corrected chi connectivity index (χ4v) is 0.639. The molecule has 0 bridgehead atoms. The smallest absolute Gasteiger partial charge is 0.200 e. The van der Waals surface area contributed by atoms with Gasteiger partial charge in [-0.15, -0.1) is 0 Å². The third kappa shape index (κ3) is 1.85. The van der Waals surface area contributed by atoms with Crippen LogP contribution in [0.5, 0.6) is 0 Å². The molecule has 0 radical (unpaired) electrons. The van der Waals surface area contributed by atoms with Crippen molar-refractivity contribution in [2.24, 2.45) is 0 Å². The van der Waals surface area contributed by atoms with Crippen molar-refractivity contribution in [2.75, 3.05) is 7.05 Å². The second kappa shape index (κ2) is 2.96. The molecule has 0 aliphatic rings. The van der Waals surface area contributed by atoms with Crippen LogP contribution in [0.1, 0.15) is 5.69 Å². The Morgan fingerprint density at radius 2 is 2.40 bits per heavy atom. The molecule has 0 amide bonds. The van der Waals surface area contributed by atoms with E-state index in [9.17, 15) is 5.21 Å². The summed E-state index contributed by atoms with van der Waals surface area (Å²) in [5.74, 6) is 0. The fourth-order valence-electron chi connectivity index (χ4n) is 0.639. The van der Waals surface area contributed by atoms with Crippen LogP contribution in [0, 0.1) is 5.21 Å². The van der Waals surface area contributed by atoms with E-state index in [0.717, 1.165) is 4.74 Å². The lowest BCUT2D eigenvalue weighted by molar-refractivity contribution is -0.416. The van der Waals surface area contributed by atoms with E-state index in [0.29, 0.717) is 5.69 Å². The largest absolute Gasteiger partial charge is 0.624 e. The highest BCUT2D eigenvalue weighted by atomic mass is 16.5. The summed E-state index contributed by atoms with van der Waals surface area (Å²) in [5.41, 5.74) is 0.681. The third-order valence-corrected chi connectivity index (χ3v) is 1.00. The summed E-state index contributed by atoms with van der Waals surface area (Å²) < 4.78 is 0.725. The van der Waals surface area contributed by atoms with Crippen molar-refractivity contribution in [1.82, 2.24) is 4.98 Å². The number of hydrogen-bond acceptors (Lipinski definition) is 2. The summed E-state index contributed by atoms with van der Waals surface area (Å²) in [4.78, 5) is 3.92. The Bertz CT molecular complexity index is 227. The predicted molar refractivity (Wildman–Crippen MR) is 39.0 cm³/mol. The summed E-state index contributed by atoms with van der Waals surface area (Å²) in [6.07, 6.45) is 3.06. The maximum atomic E-state index is 10.4. The van der Waals surface area contributed by atoms with E-state index in [4.69, 9.17) is 0 Å². The summed E-state index contributed by atoms with van der Waals surface area (Å²) >= 11 is 0. The zero-order valence-electron chi connectivity index (χ0n) is 5.69. The van der Waals surface area contributed by atoms with Gasteiger partial charge in [0.15, 0.2) is 6.21 Å². The molecule has 3 heteroatoms. The van der Waals surface area contributed by atoms with E-state index in [1.54, 1.807) is 12.3 Å². The minimum absolute atomic E-state index is 0.681. The minimum atomic E-state index is 0.681. The average molecular weight is 136 g/mol. The predicted octanol–water partition coefficient (Wildman–Crippen LogP) is 0.641. The van der Waals surface area contributed by atoms with E-state index in [2.05, 4.69) is 4.98 Å². The molecule has 0 spiro atoms. The summed E-state index contributed by atoms with van der Waals surface area (Å²) in [6, 6.07) is 5.42. The first-order valence-electron chi connectivity index (χ1n) is 2.95. The molecule has 0 aliphatic heterocycles. The van der Waals surface area contributed by atoms with Crippen LogP contribution < -0.4 is 0 Å². The number of hydrogen-bond donors (Lipinski definition) is 0. The molecular weight excluding hydrogens is 128 g/mol. The van der Waals surface area contributed by atoms with Crippen LogP contribution in [0.3, 0.4) is 0 Å². The van der Waals surface area contributed by atoms with E-state index in [-0.39, 0.29) is 0 Å². The maximum Gasteiger partial charge on any atom is 0.200 e. The van der Waals surface area contributed by atoms with Gasteiger partial charge in [-0.25, -0.2) is 4.74 Å². The van der Waals surface area contributed by atoms with Crippen LogP contribution in [0.15, 0.2) is 24.4 Å². The number of nitrogens with zero attached hydrogens (tertiary/aromatic N) is 2.